The maximum Gasteiger partial charge on any atom is 0.515 e. The molecule has 0 spiro atoms. The largest absolute Gasteiger partial charge is 0.515 e. The average molecular weight is 580 g/mol. The van der Waals surface area contributed by atoms with Crippen LogP contribution in [0.5, 0.6) is 5.75 Å². The number of hydrogen-bond acceptors (Lipinski definition) is 4. The molecule has 0 N–H and O–H groups in total. The fourth-order valence-corrected chi connectivity index (χ4v) is 5.01. The van der Waals surface area contributed by atoms with Gasteiger partial charge in [-0.1, -0.05) is 18.2 Å². The molecule has 0 fully saturated rings. The predicted molar refractivity (Wildman–Crippen MR) is 129 cm³/mol. The number of para-hydroxylation sites is 1. The van der Waals surface area contributed by atoms with Crippen molar-refractivity contribution in [3.63, 3.8) is 0 Å². The van der Waals surface area contributed by atoms with Crippen molar-refractivity contribution in [1.29, 1.82) is 10.5 Å². The van der Waals surface area contributed by atoms with E-state index in [2.05, 4.69) is 0 Å². The number of benzene rings is 4. The van der Waals surface area contributed by atoms with E-state index in [1.165, 1.54) is 0 Å². The summed E-state index contributed by atoms with van der Waals surface area (Å²) in [5.74, 6) is -13.1. The molecule has 0 unspecified atom stereocenters. The lowest BCUT2D eigenvalue weighted by molar-refractivity contribution is 0.377. The molecule has 40 heavy (non-hydrogen) atoms. The molecule has 0 heterocycles. The number of nitrogens with zero attached hydrogens (tertiary/aromatic N) is 2. The highest BCUT2D eigenvalue weighted by Crippen LogP contribution is 2.32. The molecule has 14 heteroatoms. The quantitative estimate of drug-likeness (QED) is 0.0859. The monoisotopic (exact) mass is 580 g/mol. The maximum absolute atomic E-state index is 13.8. The summed E-state index contributed by atoms with van der Waals surface area (Å²) in [5.41, 5.74) is -1.78. The maximum atomic E-state index is 13.8. The van der Waals surface area contributed by atoms with Crippen LogP contribution in [0.1, 0.15) is 11.1 Å². The zero-order chi connectivity index (χ0) is 29.7. The Bertz CT molecular complexity index is 1560. The van der Waals surface area contributed by atoms with Crippen molar-refractivity contribution < 1.29 is 43.3 Å². The van der Waals surface area contributed by atoms with E-state index >= 15 is 0 Å². The average Bonchev–Trinajstić information content (AvgIpc) is 2.95. The van der Waals surface area contributed by atoms with Gasteiger partial charge in [-0.05, 0) is 70.3 Å². The summed E-state index contributed by atoms with van der Waals surface area (Å²) in [4.78, 5) is 0.917. The lowest BCUT2D eigenvalue weighted by Crippen LogP contribution is -2.41. The molecule has 0 radical (unpaired) electrons. The second kappa shape index (κ2) is 12.0. The summed E-state index contributed by atoms with van der Waals surface area (Å²) in [7, 11) is -3.07. The second-order valence-corrected chi connectivity index (χ2v) is 9.85. The normalized spacial score (nSPS) is 11.1. The van der Waals surface area contributed by atoms with E-state index in [4.69, 9.17) is 14.7 Å². The molecule has 0 aliphatic heterocycles. The van der Waals surface area contributed by atoms with E-state index < -0.39 is 51.7 Å². The second-order valence-electron chi connectivity index (χ2n) is 7.73. The van der Waals surface area contributed by atoms with E-state index in [0.29, 0.717) is 26.7 Å². The summed E-state index contributed by atoms with van der Waals surface area (Å²) < 4.78 is 117. The predicted octanol–water partition coefficient (Wildman–Crippen LogP) is 6.78. The molecule has 0 saturated carbocycles. The van der Waals surface area contributed by atoms with Crippen LogP contribution in [0, 0.1) is 51.7 Å². The first kappa shape index (κ1) is 29.9. The Balaban J connectivity index is 0.000000252. The Morgan fingerprint density at radius 2 is 0.975 bits per heavy atom. The zero-order valence-electron chi connectivity index (χ0n) is 19.7. The Morgan fingerprint density at radius 1 is 0.600 bits per heavy atom. The van der Waals surface area contributed by atoms with Crippen LogP contribution in [0.25, 0.3) is 0 Å². The molecule has 0 saturated heterocycles. The van der Waals surface area contributed by atoms with E-state index in [1.807, 2.05) is 18.2 Å². The van der Waals surface area contributed by atoms with Gasteiger partial charge in [-0.15, -0.1) is 0 Å². The third kappa shape index (κ3) is 6.30. The fraction of sp³-hybridized carbons (Fsp3) is 0. The minimum Gasteiger partial charge on any atom is -0.445 e. The Morgan fingerprint density at radius 3 is 1.32 bits per heavy atom. The third-order valence-electron chi connectivity index (χ3n) is 5.12. The first-order chi connectivity index (χ1) is 18.8. The number of halogens is 8. The Kier molecular flexibility index (Phi) is 8.97. The molecule has 4 aromatic carbocycles. The van der Waals surface area contributed by atoms with Gasteiger partial charge in [0.25, 0.3) is 0 Å². The number of rotatable bonds is 5. The van der Waals surface area contributed by atoms with Crippen molar-refractivity contribution in [2.45, 2.75) is 9.79 Å². The highest BCUT2D eigenvalue weighted by Gasteiger charge is 2.39. The topological polar surface area (TPSA) is 73.9 Å². The van der Waals surface area contributed by atoms with E-state index in [1.54, 1.807) is 72.8 Å². The number of hydrogen-bond donors (Lipinski definition) is 0. The zero-order valence-corrected chi connectivity index (χ0v) is 20.5. The van der Waals surface area contributed by atoms with Crippen LogP contribution in [-0.4, -0.2) is 6.98 Å². The van der Waals surface area contributed by atoms with Gasteiger partial charge in [0.15, 0.2) is 23.2 Å². The standard InChI is InChI=1S/C20H13N2O2S.C6BF8/c21-14-16-6-10-19(11-7-16)25(23,24-18-4-2-1-3-5-18)20-12-8-17(15-22)9-13-20;8-2-1(7(13,14)15)3(9)5(11)6(12)4(2)10/h1-13H;/q+1;-1. The van der Waals surface area contributed by atoms with Gasteiger partial charge in [-0.3, -0.25) is 4.18 Å². The van der Waals surface area contributed by atoms with Crippen LogP contribution in [0.2, 0.25) is 0 Å². The molecule has 0 atom stereocenters. The van der Waals surface area contributed by atoms with Crippen molar-refractivity contribution in [1.82, 2.24) is 0 Å². The molecular weight excluding hydrogens is 567 g/mol. The molecule has 0 aromatic heterocycles. The van der Waals surface area contributed by atoms with Gasteiger partial charge in [0.1, 0.15) is 11.6 Å². The molecular formula is C26H13BF8N2O2S. The smallest absolute Gasteiger partial charge is 0.445 e. The van der Waals surface area contributed by atoms with E-state index in [0.717, 1.165) is 0 Å². The molecule has 0 amide bonds. The highest BCUT2D eigenvalue weighted by molar-refractivity contribution is 7.99. The Labute approximate surface area is 223 Å². The fourth-order valence-electron chi connectivity index (χ4n) is 3.17. The minimum absolute atomic E-state index is 0.458. The van der Waals surface area contributed by atoms with Crippen molar-refractivity contribution in [3.05, 3.63) is 119 Å². The molecule has 0 aliphatic rings. The van der Waals surface area contributed by atoms with Crippen LogP contribution in [0.3, 0.4) is 0 Å². The van der Waals surface area contributed by atoms with Crippen LogP contribution < -0.4 is 9.65 Å². The summed E-state index contributed by atoms with van der Waals surface area (Å²) >= 11 is 0. The SMILES string of the molecule is Fc1c(F)c(F)c([B-](F)(F)F)c(F)c1F.N#Cc1ccc([S+](=O)(Oc2ccccc2)c2ccc(C#N)cc2)cc1. The molecule has 204 valence electrons. The molecule has 4 aromatic rings. The van der Waals surface area contributed by atoms with Crippen LogP contribution in [-0.2, 0) is 14.4 Å². The molecule has 0 aliphatic carbocycles. The van der Waals surface area contributed by atoms with Gasteiger partial charge < -0.3 is 12.9 Å². The Hall–Kier alpha value is -4.69. The van der Waals surface area contributed by atoms with Crippen LogP contribution >= 0.6 is 0 Å². The van der Waals surface area contributed by atoms with Gasteiger partial charge in [-0.25, -0.2) is 22.0 Å². The van der Waals surface area contributed by atoms with Gasteiger partial charge in [0.2, 0.25) is 9.79 Å². The summed E-state index contributed by atoms with van der Waals surface area (Å²) in [6, 6.07) is 25.9. The number of nitriles is 2. The summed E-state index contributed by atoms with van der Waals surface area (Å²) in [6.07, 6.45) is 0. The van der Waals surface area contributed by atoms with E-state index in [-0.39, 0.29) is 0 Å². The van der Waals surface area contributed by atoms with Gasteiger partial charge in [-0.2, -0.15) is 10.5 Å². The minimum atomic E-state index is -6.30. The van der Waals surface area contributed by atoms with Gasteiger partial charge in [0, 0.05) is 0 Å². The highest BCUT2D eigenvalue weighted by atomic mass is 32.3. The van der Waals surface area contributed by atoms with E-state index in [9.17, 15) is 39.1 Å². The van der Waals surface area contributed by atoms with Crippen molar-refractivity contribution in [2.24, 2.45) is 0 Å². The first-order valence-corrected chi connectivity index (χ1v) is 12.3. The summed E-state index contributed by atoms with van der Waals surface area (Å²) in [5, 5.41) is 17.9. The lowest BCUT2D eigenvalue weighted by atomic mass is 9.79. The lowest BCUT2D eigenvalue weighted by Gasteiger charge is -2.17. The van der Waals surface area contributed by atoms with Crippen LogP contribution in [0.4, 0.5) is 34.9 Å². The van der Waals surface area contributed by atoms with Crippen LogP contribution in [0.15, 0.2) is 88.7 Å². The molecule has 4 rings (SSSR count). The van der Waals surface area contributed by atoms with Crippen molar-refractivity contribution in [2.75, 3.05) is 0 Å². The summed E-state index contributed by atoms with van der Waals surface area (Å²) in [6.45, 7) is -6.30. The third-order valence-corrected chi connectivity index (χ3v) is 7.33. The van der Waals surface area contributed by atoms with Crippen molar-refractivity contribution in [3.8, 4) is 17.9 Å². The van der Waals surface area contributed by atoms with Gasteiger partial charge >= 0.3 is 17.2 Å². The first-order valence-electron chi connectivity index (χ1n) is 10.8. The van der Waals surface area contributed by atoms with Gasteiger partial charge in [0.05, 0.1) is 23.3 Å². The molecule has 0 bridgehead atoms. The molecule has 4 nitrogen and oxygen atoms in total. The van der Waals surface area contributed by atoms with Crippen molar-refractivity contribution >= 4 is 22.7 Å².